The summed E-state index contributed by atoms with van der Waals surface area (Å²) in [5, 5.41) is 4.07. The summed E-state index contributed by atoms with van der Waals surface area (Å²) in [6.07, 6.45) is 2.99. The lowest BCUT2D eigenvalue weighted by molar-refractivity contribution is 0.340. The van der Waals surface area contributed by atoms with Crippen LogP contribution in [0.25, 0.3) is 11.4 Å². The molecule has 0 amide bonds. The van der Waals surface area contributed by atoms with E-state index in [0.717, 1.165) is 30.6 Å². The topological polar surface area (TPSA) is 74.2 Å². The average Bonchev–Trinajstić information content (AvgIpc) is 3.08. The fraction of sp³-hybridized carbons (Fsp3) is 0.467. The predicted molar refractivity (Wildman–Crippen MR) is 75.5 cm³/mol. The van der Waals surface area contributed by atoms with E-state index >= 15 is 0 Å². The summed E-state index contributed by atoms with van der Waals surface area (Å²) in [5.41, 5.74) is 6.84. The highest BCUT2D eigenvalue weighted by Gasteiger charge is 2.28. The molecule has 5 heteroatoms. The van der Waals surface area contributed by atoms with Crippen molar-refractivity contribution in [3.63, 3.8) is 0 Å². The Balaban J connectivity index is 1.81. The quantitative estimate of drug-likeness (QED) is 0.927. The van der Waals surface area contributed by atoms with Crippen LogP contribution in [-0.4, -0.2) is 22.8 Å². The number of ether oxygens (including phenoxy) is 1. The first kappa shape index (κ1) is 13.1. The van der Waals surface area contributed by atoms with Crippen molar-refractivity contribution in [3.8, 4) is 17.1 Å². The molecular formula is C15H19N3O2. The van der Waals surface area contributed by atoms with Crippen molar-refractivity contribution >= 4 is 0 Å². The van der Waals surface area contributed by atoms with Crippen LogP contribution >= 0.6 is 0 Å². The lowest BCUT2D eigenvalue weighted by Gasteiger charge is -2.03. The first-order valence-electron chi connectivity index (χ1n) is 7.08. The van der Waals surface area contributed by atoms with E-state index in [1.165, 1.54) is 0 Å². The molecule has 0 unspecified atom stereocenters. The van der Waals surface area contributed by atoms with Crippen LogP contribution in [0.3, 0.4) is 0 Å². The number of nitrogens with zero attached hydrogens (tertiary/aromatic N) is 2. The Hall–Kier alpha value is -1.88. The van der Waals surface area contributed by atoms with Crippen LogP contribution in [0.15, 0.2) is 28.8 Å². The van der Waals surface area contributed by atoms with Crippen molar-refractivity contribution in [1.29, 1.82) is 0 Å². The summed E-state index contributed by atoms with van der Waals surface area (Å²) in [7, 11) is 0. The summed E-state index contributed by atoms with van der Waals surface area (Å²) in [5.74, 6) is 2.44. The van der Waals surface area contributed by atoms with Crippen molar-refractivity contribution in [2.45, 2.75) is 38.1 Å². The standard InChI is InChI=1S/C15H19N3O2/c1-2-19-13-5-3-4-10(9-13)14-17-15(20-18-14)11-6-7-12(16)8-11/h3-5,9,11-12H,2,6-8,16H2,1H3/t11-,12+/m1/s1. The second kappa shape index (κ2) is 5.63. The predicted octanol–water partition coefficient (Wildman–Crippen LogP) is 2.73. The normalized spacial score (nSPS) is 22.1. The Morgan fingerprint density at radius 3 is 3.05 bits per heavy atom. The minimum Gasteiger partial charge on any atom is -0.494 e. The average molecular weight is 273 g/mol. The van der Waals surface area contributed by atoms with Crippen LogP contribution in [0.1, 0.15) is 38.0 Å². The van der Waals surface area contributed by atoms with E-state index in [2.05, 4.69) is 10.1 Å². The Morgan fingerprint density at radius 1 is 1.40 bits per heavy atom. The summed E-state index contributed by atoms with van der Waals surface area (Å²) in [6, 6.07) is 8.00. The third-order valence-corrected chi connectivity index (χ3v) is 3.67. The molecule has 2 aromatic rings. The molecule has 2 atom stereocenters. The molecule has 1 fully saturated rings. The van der Waals surface area contributed by atoms with E-state index in [0.29, 0.717) is 24.2 Å². The molecule has 2 N–H and O–H groups in total. The molecule has 1 saturated carbocycles. The smallest absolute Gasteiger partial charge is 0.230 e. The molecule has 1 aliphatic carbocycles. The van der Waals surface area contributed by atoms with Gasteiger partial charge >= 0.3 is 0 Å². The Morgan fingerprint density at radius 2 is 2.30 bits per heavy atom. The summed E-state index contributed by atoms with van der Waals surface area (Å²) in [4.78, 5) is 4.51. The van der Waals surface area contributed by atoms with Gasteiger partial charge in [-0.2, -0.15) is 4.98 Å². The highest BCUT2D eigenvalue weighted by Crippen LogP contribution is 2.33. The second-order valence-corrected chi connectivity index (χ2v) is 5.19. The highest BCUT2D eigenvalue weighted by atomic mass is 16.5. The lowest BCUT2D eigenvalue weighted by Crippen LogP contribution is -2.14. The molecule has 0 saturated heterocycles. The lowest BCUT2D eigenvalue weighted by atomic mass is 10.1. The maximum atomic E-state index is 5.93. The first-order chi connectivity index (χ1) is 9.76. The van der Waals surface area contributed by atoms with Crippen molar-refractivity contribution in [1.82, 2.24) is 10.1 Å². The third-order valence-electron chi connectivity index (χ3n) is 3.67. The van der Waals surface area contributed by atoms with Crippen molar-refractivity contribution < 1.29 is 9.26 Å². The van der Waals surface area contributed by atoms with Crippen molar-refractivity contribution in [3.05, 3.63) is 30.2 Å². The Kier molecular flexibility index (Phi) is 3.69. The highest BCUT2D eigenvalue weighted by molar-refractivity contribution is 5.56. The molecule has 0 bridgehead atoms. The van der Waals surface area contributed by atoms with Gasteiger partial charge in [0.05, 0.1) is 6.61 Å². The van der Waals surface area contributed by atoms with Gasteiger partial charge in [0.25, 0.3) is 0 Å². The zero-order chi connectivity index (χ0) is 13.9. The molecule has 0 radical (unpaired) electrons. The number of hydrogen-bond acceptors (Lipinski definition) is 5. The van der Waals surface area contributed by atoms with Crippen molar-refractivity contribution in [2.75, 3.05) is 6.61 Å². The van der Waals surface area contributed by atoms with E-state index in [-0.39, 0.29) is 6.04 Å². The molecule has 0 aliphatic heterocycles. The van der Waals surface area contributed by atoms with Gasteiger partial charge < -0.3 is 15.0 Å². The monoisotopic (exact) mass is 273 g/mol. The molecule has 106 valence electrons. The number of aromatic nitrogens is 2. The number of rotatable bonds is 4. The van der Waals surface area contributed by atoms with Gasteiger partial charge in [-0.05, 0) is 38.3 Å². The van der Waals surface area contributed by atoms with Gasteiger partial charge in [0.2, 0.25) is 11.7 Å². The second-order valence-electron chi connectivity index (χ2n) is 5.19. The van der Waals surface area contributed by atoms with Gasteiger partial charge in [-0.25, -0.2) is 0 Å². The first-order valence-corrected chi connectivity index (χ1v) is 7.08. The van der Waals surface area contributed by atoms with Crippen molar-refractivity contribution in [2.24, 2.45) is 5.73 Å². The molecule has 1 aliphatic rings. The van der Waals surface area contributed by atoms with Crippen LogP contribution < -0.4 is 10.5 Å². The number of hydrogen-bond donors (Lipinski definition) is 1. The fourth-order valence-corrected chi connectivity index (χ4v) is 2.65. The Bertz CT molecular complexity index is 582. The maximum Gasteiger partial charge on any atom is 0.230 e. The van der Waals surface area contributed by atoms with Crippen LogP contribution in [0.2, 0.25) is 0 Å². The molecule has 1 aromatic carbocycles. The molecule has 0 spiro atoms. The molecular weight excluding hydrogens is 254 g/mol. The van der Waals surface area contributed by atoms with Crippen LogP contribution in [-0.2, 0) is 0 Å². The summed E-state index contributed by atoms with van der Waals surface area (Å²) >= 11 is 0. The van der Waals surface area contributed by atoms with Crippen LogP contribution in [0.5, 0.6) is 5.75 Å². The molecule has 1 heterocycles. The largest absolute Gasteiger partial charge is 0.494 e. The van der Waals surface area contributed by atoms with E-state index in [1.807, 2.05) is 31.2 Å². The third kappa shape index (κ3) is 2.67. The number of nitrogens with two attached hydrogens (primary N) is 1. The van der Waals surface area contributed by atoms with E-state index in [1.54, 1.807) is 0 Å². The molecule has 20 heavy (non-hydrogen) atoms. The van der Waals surface area contributed by atoms with Gasteiger partial charge in [0.15, 0.2) is 0 Å². The minimum absolute atomic E-state index is 0.261. The van der Waals surface area contributed by atoms with Crippen LogP contribution in [0, 0.1) is 0 Å². The molecule has 1 aromatic heterocycles. The van der Waals surface area contributed by atoms with E-state index in [4.69, 9.17) is 15.0 Å². The molecule has 3 rings (SSSR count). The number of benzene rings is 1. The summed E-state index contributed by atoms with van der Waals surface area (Å²) < 4.78 is 10.9. The van der Waals surface area contributed by atoms with E-state index < -0.39 is 0 Å². The van der Waals surface area contributed by atoms with Gasteiger partial charge in [0.1, 0.15) is 5.75 Å². The summed E-state index contributed by atoms with van der Waals surface area (Å²) in [6.45, 7) is 2.60. The Labute approximate surface area is 118 Å². The van der Waals surface area contributed by atoms with E-state index in [9.17, 15) is 0 Å². The zero-order valence-electron chi connectivity index (χ0n) is 11.6. The van der Waals surface area contributed by atoms with Gasteiger partial charge in [0, 0.05) is 17.5 Å². The van der Waals surface area contributed by atoms with Crippen LogP contribution in [0.4, 0.5) is 0 Å². The maximum absolute atomic E-state index is 5.93. The van der Waals surface area contributed by atoms with Gasteiger partial charge in [-0.15, -0.1) is 0 Å². The molecule has 5 nitrogen and oxygen atoms in total. The SMILES string of the molecule is CCOc1cccc(-c2noc([C@@H]3CC[C@H](N)C3)n2)c1. The van der Waals surface area contributed by atoms with Gasteiger partial charge in [-0.3, -0.25) is 0 Å². The fourth-order valence-electron chi connectivity index (χ4n) is 2.65. The van der Waals surface area contributed by atoms with Gasteiger partial charge in [-0.1, -0.05) is 17.3 Å². The zero-order valence-corrected chi connectivity index (χ0v) is 11.6. The minimum atomic E-state index is 0.261.